The smallest absolute Gasteiger partial charge is 0.103 e. The molecular weight excluding hydrogens is 286 g/mol. The van der Waals surface area contributed by atoms with Gasteiger partial charge in [0, 0.05) is 30.3 Å². The topological polar surface area (TPSA) is 57.9 Å². The quantitative estimate of drug-likeness (QED) is 0.934. The summed E-state index contributed by atoms with van der Waals surface area (Å²) in [7, 11) is 1.74. The maximum Gasteiger partial charge on any atom is 0.103 e. The lowest BCUT2D eigenvalue weighted by atomic mass is 9.80. The molecule has 0 amide bonds. The first kappa shape index (κ1) is 14.1. The van der Waals surface area contributed by atoms with Crippen LogP contribution in [0, 0.1) is 11.3 Å². The average molecular weight is 302 g/mol. The van der Waals surface area contributed by atoms with E-state index in [1.165, 1.54) is 6.42 Å². The predicted octanol–water partition coefficient (Wildman–Crippen LogP) is 3.74. The maximum absolute atomic E-state index is 9.31. The molecule has 2 aromatic rings. The van der Waals surface area contributed by atoms with Crippen LogP contribution in [0.15, 0.2) is 24.4 Å². The minimum absolute atomic E-state index is 0.110. The number of fused-ring (bicyclic) bond motifs is 1. The van der Waals surface area contributed by atoms with Crippen LogP contribution in [-0.2, 0) is 4.74 Å². The molecule has 4 nitrogen and oxygen atoms in total. The van der Waals surface area contributed by atoms with Gasteiger partial charge in [-0.3, -0.25) is 4.98 Å². The van der Waals surface area contributed by atoms with Crippen molar-refractivity contribution in [1.82, 2.24) is 4.98 Å². The number of benzene rings is 1. The van der Waals surface area contributed by atoms with Crippen LogP contribution in [0.3, 0.4) is 0 Å². The number of nitrogens with one attached hydrogen (secondary N) is 1. The van der Waals surface area contributed by atoms with E-state index < -0.39 is 0 Å². The number of rotatable bonds is 4. The molecule has 0 bridgehead atoms. The first-order chi connectivity index (χ1) is 10.2. The summed E-state index contributed by atoms with van der Waals surface area (Å²) in [5.74, 6) is 0. The van der Waals surface area contributed by atoms with E-state index in [1.807, 2.05) is 12.1 Å². The number of pyridine rings is 1. The van der Waals surface area contributed by atoms with E-state index in [0.29, 0.717) is 17.1 Å². The van der Waals surface area contributed by atoms with Gasteiger partial charge in [0.05, 0.1) is 22.4 Å². The average Bonchev–Trinajstić information content (AvgIpc) is 2.46. The van der Waals surface area contributed by atoms with Crippen LogP contribution >= 0.6 is 11.6 Å². The molecule has 1 fully saturated rings. The number of ether oxygens (including phenoxy) is 1. The summed E-state index contributed by atoms with van der Waals surface area (Å²) in [6.45, 7) is 0.684. The van der Waals surface area contributed by atoms with Gasteiger partial charge in [0.15, 0.2) is 0 Å². The zero-order valence-electron chi connectivity index (χ0n) is 11.8. The van der Waals surface area contributed by atoms with Crippen LogP contribution in [0.4, 0.5) is 5.69 Å². The van der Waals surface area contributed by atoms with Crippen LogP contribution < -0.4 is 5.32 Å². The molecule has 0 spiro atoms. The van der Waals surface area contributed by atoms with Gasteiger partial charge in [-0.2, -0.15) is 5.26 Å². The lowest BCUT2D eigenvalue weighted by Gasteiger charge is -2.40. The zero-order chi connectivity index (χ0) is 14.9. The van der Waals surface area contributed by atoms with E-state index >= 15 is 0 Å². The third-order valence-electron chi connectivity index (χ3n) is 4.24. The normalized spacial score (nSPS) is 16.2. The second-order valence-electron chi connectivity index (χ2n) is 5.41. The van der Waals surface area contributed by atoms with Gasteiger partial charge in [0.2, 0.25) is 0 Å². The molecule has 0 aliphatic heterocycles. The molecule has 1 aromatic heterocycles. The monoisotopic (exact) mass is 301 g/mol. The third-order valence-corrected chi connectivity index (χ3v) is 4.47. The van der Waals surface area contributed by atoms with Crippen molar-refractivity contribution in [2.24, 2.45) is 0 Å². The van der Waals surface area contributed by atoms with Crippen LogP contribution in [0.25, 0.3) is 10.9 Å². The Bertz CT molecular complexity index is 714. The van der Waals surface area contributed by atoms with Crippen LogP contribution in [-0.4, -0.2) is 24.2 Å². The lowest BCUT2D eigenvalue weighted by molar-refractivity contribution is -0.0601. The van der Waals surface area contributed by atoms with E-state index in [9.17, 15) is 5.26 Å². The molecule has 1 aliphatic carbocycles. The molecule has 1 aromatic carbocycles. The van der Waals surface area contributed by atoms with Gasteiger partial charge in [-0.15, -0.1) is 0 Å². The van der Waals surface area contributed by atoms with Crippen molar-refractivity contribution in [3.63, 3.8) is 0 Å². The molecule has 3 rings (SSSR count). The fourth-order valence-electron chi connectivity index (χ4n) is 2.71. The van der Waals surface area contributed by atoms with Gasteiger partial charge in [0.1, 0.15) is 6.07 Å². The van der Waals surface area contributed by atoms with Crippen LogP contribution in [0.5, 0.6) is 0 Å². The van der Waals surface area contributed by atoms with E-state index in [0.717, 1.165) is 29.4 Å². The van der Waals surface area contributed by atoms with Crippen molar-refractivity contribution < 1.29 is 4.74 Å². The molecule has 1 N–H and O–H groups in total. The highest BCUT2D eigenvalue weighted by molar-refractivity contribution is 6.31. The van der Waals surface area contributed by atoms with Gasteiger partial charge < -0.3 is 10.1 Å². The Morgan fingerprint density at radius 1 is 1.48 bits per heavy atom. The largest absolute Gasteiger partial charge is 0.380 e. The highest BCUT2D eigenvalue weighted by atomic mass is 35.5. The number of hydrogen-bond donors (Lipinski definition) is 1. The van der Waals surface area contributed by atoms with Crippen molar-refractivity contribution in [3.8, 4) is 6.07 Å². The molecule has 1 heterocycles. The van der Waals surface area contributed by atoms with Crippen LogP contribution in [0.2, 0.25) is 5.02 Å². The molecule has 5 heteroatoms. The molecule has 0 unspecified atom stereocenters. The first-order valence-corrected chi connectivity index (χ1v) is 7.33. The van der Waals surface area contributed by atoms with E-state index in [2.05, 4.69) is 16.4 Å². The number of halogens is 1. The van der Waals surface area contributed by atoms with Gasteiger partial charge in [0.25, 0.3) is 0 Å². The summed E-state index contributed by atoms with van der Waals surface area (Å²) in [5, 5.41) is 14.2. The Balaban J connectivity index is 1.99. The minimum atomic E-state index is -0.110. The van der Waals surface area contributed by atoms with Gasteiger partial charge >= 0.3 is 0 Å². The van der Waals surface area contributed by atoms with Crippen molar-refractivity contribution in [2.75, 3.05) is 19.0 Å². The number of anilines is 1. The Labute approximate surface area is 128 Å². The molecular formula is C16H16ClN3O. The zero-order valence-corrected chi connectivity index (χ0v) is 12.6. The maximum atomic E-state index is 9.31. The number of methoxy groups -OCH3 is 1. The predicted molar refractivity (Wildman–Crippen MR) is 83.5 cm³/mol. The molecule has 1 saturated carbocycles. The van der Waals surface area contributed by atoms with Gasteiger partial charge in [-0.05, 0) is 37.5 Å². The summed E-state index contributed by atoms with van der Waals surface area (Å²) >= 11 is 6.08. The lowest BCUT2D eigenvalue weighted by Crippen LogP contribution is -2.45. The van der Waals surface area contributed by atoms with Crippen molar-refractivity contribution in [2.45, 2.75) is 24.9 Å². The van der Waals surface area contributed by atoms with Crippen molar-refractivity contribution in [1.29, 1.82) is 5.26 Å². The molecule has 0 atom stereocenters. The highest BCUT2D eigenvalue weighted by Crippen LogP contribution is 2.36. The van der Waals surface area contributed by atoms with Gasteiger partial charge in [-0.1, -0.05) is 11.6 Å². The minimum Gasteiger partial charge on any atom is -0.380 e. The fraction of sp³-hybridized carbons (Fsp3) is 0.375. The standard InChI is InChI=1S/C16H16ClN3O/c1-21-16(5-2-6-16)10-20-15-11(8-18)9-19-14-4-3-12(17)7-13(14)15/h3-4,7,9H,2,5-6,10H2,1H3,(H,19,20). The van der Waals surface area contributed by atoms with E-state index in [-0.39, 0.29) is 5.60 Å². The SMILES string of the molecule is COC1(CNc2c(C#N)cnc3ccc(Cl)cc23)CCC1. The molecule has 21 heavy (non-hydrogen) atoms. The second-order valence-corrected chi connectivity index (χ2v) is 5.85. The first-order valence-electron chi connectivity index (χ1n) is 6.95. The summed E-state index contributed by atoms with van der Waals surface area (Å²) < 4.78 is 5.62. The Morgan fingerprint density at radius 2 is 2.29 bits per heavy atom. The summed E-state index contributed by atoms with van der Waals surface area (Å²) in [6, 6.07) is 7.69. The number of hydrogen-bond acceptors (Lipinski definition) is 4. The summed E-state index contributed by atoms with van der Waals surface area (Å²) in [6.07, 6.45) is 4.87. The van der Waals surface area contributed by atoms with Crippen molar-refractivity contribution >= 4 is 28.2 Å². The molecule has 1 aliphatic rings. The highest BCUT2D eigenvalue weighted by Gasteiger charge is 2.36. The summed E-state index contributed by atoms with van der Waals surface area (Å²) in [4.78, 5) is 4.30. The Hall–Kier alpha value is -1.83. The number of aromatic nitrogens is 1. The Kier molecular flexibility index (Phi) is 3.71. The molecule has 108 valence electrons. The Morgan fingerprint density at radius 3 is 2.90 bits per heavy atom. The fourth-order valence-corrected chi connectivity index (χ4v) is 2.89. The van der Waals surface area contributed by atoms with E-state index in [1.54, 1.807) is 19.4 Å². The van der Waals surface area contributed by atoms with E-state index in [4.69, 9.17) is 16.3 Å². The number of nitrogens with zero attached hydrogens (tertiary/aromatic N) is 2. The van der Waals surface area contributed by atoms with Crippen LogP contribution in [0.1, 0.15) is 24.8 Å². The third kappa shape index (κ3) is 2.55. The molecule has 0 radical (unpaired) electrons. The number of nitriles is 1. The summed E-state index contributed by atoms with van der Waals surface area (Å²) in [5.41, 5.74) is 2.02. The van der Waals surface area contributed by atoms with Crippen molar-refractivity contribution in [3.05, 3.63) is 35.0 Å². The second kappa shape index (κ2) is 5.51. The molecule has 0 saturated heterocycles. The van der Waals surface area contributed by atoms with Gasteiger partial charge in [-0.25, -0.2) is 0 Å².